The molecule has 2 unspecified atom stereocenters. The van der Waals surface area contributed by atoms with E-state index in [1.807, 2.05) is 30.3 Å². The van der Waals surface area contributed by atoms with Crippen LogP contribution in [-0.4, -0.2) is 70.2 Å². The molecular formula is C23H25N5O5. The molecule has 2 amide bonds. The highest BCUT2D eigenvalue weighted by molar-refractivity contribution is 5.88. The lowest BCUT2D eigenvalue weighted by atomic mass is 10.2. The highest BCUT2D eigenvalue weighted by Gasteiger charge is 2.29. The molecule has 0 aliphatic carbocycles. The molecule has 1 aliphatic rings. The number of aromatic nitrogens is 3. The van der Waals surface area contributed by atoms with E-state index >= 15 is 0 Å². The molecule has 2 aromatic carbocycles. The second-order valence-electron chi connectivity index (χ2n) is 7.46. The van der Waals surface area contributed by atoms with E-state index in [-0.39, 0.29) is 18.6 Å². The third kappa shape index (κ3) is 6.07. The van der Waals surface area contributed by atoms with E-state index in [1.54, 1.807) is 47.1 Å². The number of benzene rings is 2. The Bertz CT molecular complexity index is 1040. The van der Waals surface area contributed by atoms with E-state index in [4.69, 9.17) is 14.2 Å². The van der Waals surface area contributed by atoms with Gasteiger partial charge in [-0.15, -0.1) is 0 Å². The number of hydrogen-bond donors (Lipinski definition) is 1. The number of nitrogens with zero attached hydrogens (tertiary/aromatic N) is 4. The Labute approximate surface area is 191 Å². The third-order valence-electron chi connectivity index (χ3n) is 5.06. The molecule has 4 rings (SSSR count). The Morgan fingerprint density at radius 3 is 2.70 bits per heavy atom. The lowest BCUT2D eigenvalue weighted by molar-refractivity contribution is -0.147. The lowest BCUT2D eigenvalue weighted by Crippen LogP contribution is -2.51. The molecular weight excluding hydrogens is 426 g/mol. The van der Waals surface area contributed by atoms with Crippen molar-refractivity contribution in [3.8, 4) is 11.4 Å². The fourth-order valence-corrected chi connectivity index (χ4v) is 3.38. The van der Waals surface area contributed by atoms with Crippen molar-refractivity contribution in [3.05, 3.63) is 67.3 Å². The van der Waals surface area contributed by atoms with E-state index in [2.05, 4.69) is 15.4 Å². The number of amides is 2. The van der Waals surface area contributed by atoms with Crippen LogP contribution in [0.2, 0.25) is 0 Å². The van der Waals surface area contributed by atoms with Crippen molar-refractivity contribution in [1.29, 1.82) is 0 Å². The summed E-state index contributed by atoms with van der Waals surface area (Å²) in [6.07, 6.45) is 1.21. The van der Waals surface area contributed by atoms with Crippen molar-refractivity contribution in [1.82, 2.24) is 19.7 Å². The van der Waals surface area contributed by atoms with Gasteiger partial charge in [-0.25, -0.2) is 14.5 Å². The standard InChI is InChI=1S/C23H25N5O5/c1-17(33-23(30)26-18-5-3-2-4-6-18)22(29)27-11-12-31-21(13-27)14-32-20-9-7-19(8-10-20)28-16-24-15-25-28/h2-10,15-17,21H,11-14H2,1H3,(H,26,30). The molecule has 0 bridgehead atoms. The summed E-state index contributed by atoms with van der Waals surface area (Å²) in [5.74, 6) is 0.406. The van der Waals surface area contributed by atoms with Crippen LogP contribution in [0.1, 0.15) is 6.92 Å². The quantitative estimate of drug-likeness (QED) is 0.588. The lowest BCUT2D eigenvalue weighted by Gasteiger charge is -2.34. The second kappa shape index (κ2) is 10.6. The molecule has 1 fully saturated rings. The predicted octanol–water partition coefficient (Wildman–Crippen LogP) is 2.51. The molecule has 0 spiro atoms. The summed E-state index contributed by atoms with van der Waals surface area (Å²) in [6.45, 7) is 3.01. The van der Waals surface area contributed by atoms with Gasteiger partial charge in [-0.1, -0.05) is 18.2 Å². The van der Waals surface area contributed by atoms with Gasteiger partial charge in [0.2, 0.25) is 0 Å². The van der Waals surface area contributed by atoms with Crippen LogP contribution in [0.15, 0.2) is 67.3 Å². The molecule has 10 nitrogen and oxygen atoms in total. The van der Waals surface area contributed by atoms with Gasteiger partial charge in [-0.05, 0) is 43.3 Å². The zero-order chi connectivity index (χ0) is 23.0. The Morgan fingerprint density at radius 2 is 1.97 bits per heavy atom. The minimum Gasteiger partial charge on any atom is -0.491 e. The molecule has 0 saturated carbocycles. The average Bonchev–Trinajstić information content (AvgIpc) is 3.38. The van der Waals surface area contributed by atoms with E-state index < -0.39 is 12.2 Å². The highest BCUT2D eigenvalue weighted by Crippen LogP contribution is 2.16. The van der Waals surface area contributed by atoms with Gasteiger partial charge in [-0.3, -0.25) is 10.1 Å². The monoisotopic (exact) mass is 451 g/mol. The van der Waals surface area contributed by atoms with Crippen molar-refractivity contribution in [2.75, 3.05) is 31.6 Å². The van der Waals surface area contributed by atoms with Crippen LogP contribution in [0, 0.1) is 0 Å². The number of para-hydroxylation sites is 1. The smallest absolute Gasteiger partial charge is 0.412 e. The number of nitrogens with one attached hydrogen (secondary N) is 1. The van der Waals surface area contributed by atoms with Gasteiger partial charge in [0.25, 0.3) is 5.91 Å². The first-order valence-electron chi connectivity index (χ1n) is 10.6. The second-order valence-corrected chi connectivity index (χ2v) is 7.46. The van der Waals surface area contributed by atoms with E-state index in [1.165, 1.54) is 6.33 Å². The van der Waals surface area contributed by atoms with E-state index in [0.717, 1.165) is 5.69 Å². The number of carbonyl (C=O) groups excluding carboxylic acids is 2. The molecule has 172 valence electrons. The Kier molecular flexibility index (Phi) is 7.16. The molecule has 10 heteroatoms. The van der Waals surface area contributed by atoms with Crippen molar-refractivity contribution in [3.63, 3.8) is 0 Å². The molecule has 1 aliphatic heterocycles. The number of anilines is 1. The zero-order valence-electron chi connectivity index (χ0n) is 18.2. The fourth-order valence-electron chi connectivity index (χ4n) is 3.38. The van der Waals surface area contributed by atoms with Gasteiger partial charge in [-0.2, -0.15) is 5.10 Å². The topological polar surface area (TPSA) is 108 Å². The summed E-state index contributed by atoms with van der Waals surface area (Å²) in [7, 11) is 0. The summed E-state index contributed by atoms with van der Waals surface area (Å²) in [5, 5.41) is 6.69. The zero-order valence-corrected chi connectivity index (χ0v) is 18.2. The Balaban J connectivity index is 1.24. The minimum absolute atomic E-state index is 0.274. The van der Waals surface area contributed by atoms with Gasteiger partial charge in [0.1, 0.15) is 31.1 Å². The maximum Gasteiger partial charge on any atom is 0.412 e. The van der Waals surface area contributed by atoms with Crippen molar-refractivity contribution in [2.24, 2.45) is 0 Å². The van der Waals surface area contributed by atoms with Gasteiger partial charge in [0.15, 0.2) is 6.10 Å². The number of hydrogen-bond acceptors (Lipinski definition) is 7. The summed E-state index contributed by atoms with van der Waals surface area (Å²) in [4.78, 5) is 30.4. The van der Waals surface area contributed by atoms with Crippen LogP contribution in [0.4, 0.5) is 10.5 Å². The SMILES string of the molecule is CC(OC(=O)Nc1ccccc1)C(=O)N1CCOC(COc2ccc(-n3cncn3)cc2)C1. The largest absolute Gasteiger partial charge is 0.491 e. The summed E-state index contributed by atoms with van der Waals surface area (Å²) in [5.41, 5.74) is 1.47. The van der Waals surface area contributed by atoms with Crippen LogP contribution < -0.4 is 10.1 Å². The number of ether oxygens (including phenoxy) is 3. The van der Waals surface area contributed by atoms with Crippen LogP contribution >= 0.6 is 0 Å². The predicted molar refractivity (Wildman–Crippen MR) is 119 cm³/mol. The summed E-state index contributed by atoms with van der Waals surface area (Å²) < 4.78 is 18.5. The number of morpholine rings is 1. The van der Waals surface area contributed by atoms with Gasteiger partial charge >= 0.3 is 6.09 Å². The molecule has 1 aromatic heterocycles. The van der Waals surface area contributed by atoms with Gasteiger partial charge in [0, 0.05) is 12.2 Å². The van der Waals surface area contributed by atoms with Crippen LogP contribution in [-0.2, 0) is 14.3 Å². The first kappa shape index (κ1) is 22.3. The maximum absolute atomic E-state index is 12.8. The van der Waals surface area contributed by atoms with Crippen molar-refractivity contribution in [2.45, 2.75) is 19.1 Å². The van der Waals surface area contributed by atoms with Gasteiger partial charge in [0.05, 0.1) is 18.8 Å². The summed E-state index contributed by atoms with van der Waals surface area (Å²) in [6, 6.07) is 16.3. The minimum atomic E-state index is -0.919. The molecule has 1 saturated heterocycles. The highest BCUT2D eigenvalue weighted by atomic mass is 16.6. The molecule has 3 aromatic rings. The maximum atomic E-state index is 12.8. The molecule has 1 N–H and O–H groups in total. The van der Waals surface area contributed by atoms with E-state index in [9.17, 15) is 9.59 Å². The van der Waals surface area contributed by atoms with Crippen LogP contribution in [0.25, 0.3) is 5.69 Å². The van der Waals surface area contributed by atoms with Crippen LogP contribution in [0.5, 0.6) is 5.75 Å². The van der Waals surface area contributed by atoms with Crippen molar-refractivity contribution >= 4 is 17.7 Å². The fraction of sp³-hybridized carbons (Fsp3) is 0.304. The molecule has 2 atom stereocenters. The average molecular weight is 451 g/mol. The Hall–Kier alpha value is -3.92. The number of carbonyl (C=O) groups is 2. The summed E-state index contributed by atoms with van der Waals surface area (Å²) >= 11 is 0. The first-order valence-corrected chi connectivity index (χ1v) is 10.6. The van der Waals surface area contributed by atoms with Crippen LogP contribution in [0.3, 0.4) is 0 Å². The van der Waals surface area contributed by atoms with E-state index in [0.29, 0.717) is 31.1 Å². The Morgan fingerprint density at radius 1 is 1.18 bits per heavy atom. The van der Waals surface area contributed by atoms with Crippen molar-refractivity contribution < 1.29 is 23.8 Å². The molecule has 0 radical (unpaired) electrons. The molecule has 2 heterocycles. The normalized spacial score (nSPS) is 16.6. The first-order chi connectivity index (χ1) is 16.1. The van der Waals surface area contributed by atoms with Gasteiger partial charge < -0.3 is 19.1 Å². The third-order valence-corrected chi connectivity index (χ3v) is 5.06. The molecule has 33 heavy (non-hydrogen) atoms. The number of rotatable bonds is 7.